The molecular weight excluding hydrogens is 474 g/mol. The van der Waals surface area contributed by atoms with Crippen LogP contribution in [-0.4, -0.2) is 74.6 Å². The van der Waals surface area contributed by atoms with Gasteiger partial charge in [0.25, 0.3) is 0 Å². The number of aliphatic hydroxyl groups is 2. The van der Waals surface area contributed by atoms with Gasteiger partial charge in [0.1, 0.15) is 18.5 Å². The number of fused-ring (bicyclic) bond motifs is 4. The molecule has 3 aromatic heterocycles. The fourth-order valence-corrected chi connectivity index (χ4v) is 4.51. The molecule has 0 spiro atoms. The molecule has 3 N–H and O–H groups in total. The fourth-order valence-electron chi connectivity index (χ4n) is 4.25. The number of anilines is 3. The molecular formula is C23H24ClN7O4. The summed E-state index contributed by atoms with van der Waals surface area (Å²) in [5.74, 6) is 0.765. The summed E-state index contributed by atoms with van der Waals surface area (Å²) in [5.41, 5.74) is 3.04. The maximum atomic E-state index is 13.5. The van der Waals surface area contributed by atoms with Gasteiger partial charge in [0.05, 0.1) is 29.1 Å². The van der Waals surface area contributed by atoms with Gasteiger partial charge < -0.3 is 19.8 Å². The van der Waals surface area contributed by atoms with Gasteiger partial charge in [-0.15, -0.1) is 0 Å². The standard InChI is InChI=1S/C23H24ClN7O4/c1-13-8-14(2-5-25-13)20-17(24)9-18-21(29-20)31(15-4-7-30(18)10-15)23(34)28-19-3-6-26-22(27-19)35-12-16(33)11-32/h2-3,5-6,8-9,15-16,32-33H,4,7,10-12H2,1H3,(H,26,27,28,34)/t15-,16?/m0/s1. The zero-order chi connectivity index (χ0) is 24.5. The van der Waals surface area contributed by atoms with E-state index in [1.54, 1.807) is 17.2 Å². The lowest BCUT2D eigenvalue weighted by molar-refractivity contribution is 0.0505. The molecule has 0 aromatic carbocycles. The topological polar surface area (TPSA) is 137 Å². The van der Waals surface area contributed by atoms with Gasteiger partial charge in [-0.1, -0.05) is 11.6 Å². The van der Waals surface area contributed by atoms with Crippen LogP contribution < -0.4 is 19.9 Å². The molecule has 5 rings (SSSR count). The summed E-state index contributed by atoms with van der Waals surface area (Å²) in [4.78, 5) is 34.5. The number of hydrogen-bond donors (Lipinski definition) is 3. The number of halogens is 1. The van der Waals surface area contributed by atoms with E-state index < -0.39 is 12.7 Å². The number of urea groups is 1. The molecule has 3 aromatic rings. The van der Waals surface area contributed by atoms with E-state index in [-0.39, 0.29) is 30.5 Å². The molecule has 2 aliphatic heterocycles. The third-order valence-corrected chi connectivity index (χ3v) is 6.19. The van der Waals surface area contributed by atoms with Crippen LogP contribution in [0.3, 0.4) is 0 Å². The van der Waals surface area contributed by atoms with Crippen molar-refractivity contribution in [3.05, 3.63) is 47.4 Å². The van der Waals surface area contributed by atoms with Crippen LogP contribution in [-0.2, 0) is 0 Å². The maximum absolute atomic E-state index is 13.5. The summed E-state index contributed by atoms with van der Waals surface area (Å²) < 4.78 is 5.28. The Bertz CT molecular complexity index is 1260. The molecule has 2 amide bonds. The SMILES string of the molecule is Cc1cc(-c2nc3c(cc2Cl)N2CC[C@@H](C2)N3C(=O)Nc2ccnc(OCC(O)CO)n2)ccn1. The highest BCUT2D eigenvalue weighted by molar-refractivity contribution is 6.33. The number of aromatic nitrogens is 4. The first kappa shape index (κ1) is 23.2. The van der Waals surface area contributed by atoms with E-state index in [1.807, 2.05) is 25.1 Å². The summed E-state index contributed by atoms with van der Waals surface area (Å²) in [6.45, 7) is 2.76. The molecule has 2 bridgehead atoms. The minimum Gasteiger partial charge on any atom is -0.461 e. The lowest BCUT2D eigenvalue weighted by Gasteiger charge is -2.36. The summed E-state index contributed by atoms with van der Waals surface area (Å²) in [6.07, 6.45) is 2.88. The number of rotatable bonds is 6. The van der Waals surface area contributed by atoms with Crippen LogP contribution >= 0.6 is 11.6 Å². The van der Waals surface area contributed by atoms with Crippen molar-refractivity contribution in [2.45, 2.75) is 25.5 Å². The number of nitrogens with zero attached hydrogens (tertiary/aromatic N) is 6. The van der Waals surface area contributed by atoms with Gasteiger partial charge in [0.15, 0.2) is 5.82 Å². The quantitative estimate of drug-likeness (QED) is 0.468. The minimum absolute atomic E-state index is 0.0263. The van der Waals surface area contributed by atoms with Crippen molar-refractivity contribution in [1.82, 2.24) is 19.9 Å². The predicted octanol–water partition coefficient (Wildman–Crippen LogP) is 2.26. The molecule has 2 aliphatic rings. The van der Waals surface area contributed by atoms with Crippen LogP contribution in [0.1, 0.15) is 12.1 Å². The van der Waals surface area contributed by atoms with Crippen LogP contribution in [0, 0.1) is 6.92 Å². The van der Waals surface area contributed by atoms with Crippen LogP contribution in [0.5, 0.6) is 6.01 Å². The van der Waals surface area contributed by atoms with E-state index in [1.165, 1.54) is 6.20 Å². The maximum Gasteiger partial charge on any atom is 0.329 e. The van der Waals surface area contributed by atoms with E-state index in [9.17, 15) is 9.90 Å². The van der Waals surface area contributed by atoms with Crippen LogP contribution in [0.25, 0.3) is 11.3 Å². The number of pyridine rings is 2. The average molecular weight is 498 g/mol. The van der Waals surface area contributed by atoms with Gasteiger partial charge >= 0.3 is 12.0 Å². The van der Waals surface area contributed by atoms with Gasteiger partial charge in [-0.2, -0.15) is 4.98 Å². The van der Waals surface area contributed by atoms with Gasteiger partial charge in [0.2, 0.25) is 0 Å². The molecule has 1 fully saturated rings. The van der Waals surface area contributed by atoms with Crippen molar-refractivity contribution in [2.24, 2.45) is 0 Å². The Kier molecular flexibility index (Phi) is 6.37. The normalized spacial score (nSPS) is 17.2. The van der Waals surface area contributed by atoms with Crippen molar-refractivity contribution < 1.29 is 19.7 Å². The average Bonchev–Trinajstić information content (AvgIpc) is 3.27. The van der Waals surface area contributed by atoms with E-state index >= 15 is 0 Å². The number of carbonyl (C=O) groups is 1. The molecule has 11 nitrogen and oxygen atoms in total. The second-order valence-electron chi connectivity index (χ2n) is 8.41. The molecule has 1 saturated heterocycles. The molecule has 182 valence electrons. The van der Waals surface area contributed by atoms with E-state index in [0.29, 0.717) is 23.1 Å². The summed E-state index contributed by atoms with van der Waals surface area (Å²) in [6, 6.07) is 6.68. The summed E-state index contributed by atoms with van der Waals surface area (Å²) in [5, 5.41) is 21.7. The molecule has 0 saturated carbocycles. The number of hydrogen-bond acceptors (Lipinski definition) is 9. The number of carbonyl (C=O) groups excluding carboxylic acids is 1. The van der Waals surface area contributed by atoms with E-state index in [2.05, 4.69) is 25.2 Å². The zero-order valence-electron chi connectivity index (χ0n) is 18.9. The van der Waals surface area contributed by atoms with Crippen molar-refractivity contribution >= 4 is 35.0 Å². The van der Waals surface area contributed by atoms with Crippen LogP contribution in [0.15, 0.2) is 36.7 Å². The fraction of sp³-hybridized carbons (Fsp3) is 0.348. The first-order valence-electron chi connectivity index (χ1n) is 11.2. The highest BCUT2D eigenvalue weighted by Crippen LogP contribution is 2.43. The van der Waals surface area contributed by atoms with Crippen molar-refractivity contribution in [1.29, 1.82) is 0 Å². The lowest BCUT2D eigenvalue weighted by atomic mass is 10.1. The Morgan fingerprint density at radius 3 is 2.91 bits per heavy atom. The molecule has 5 heterocycles. The highest BCUT2D eigenvalue weighted by Gasteiger charge is 2.41. The number of amides is 2. The number of ether oxygens (including phenoxy) is 1. The van der Waals surface area contributed by atoms with Crippen LogP contribution in [0.4, 0.5) is 22.1 Å². The first-order valence-corrected chi connectivity index (χ1v) is 11.5. The molecule has 0 radical (unpaired) electrons. The van der Waals surface area contributed by atoms with Gasteiger partial charge in [-0.3, -0.25) is 15.2 Å². The second-order valence-corrected chi connectivity index (χ2v) is 8.82. The molecule has 12 heteroatoms. The highest BCUT2D eigenvalue weighted by atomic mass is 35.5. The van der Waals surface area contributed by atoms with Crippen molar-refractivity contribution in [3.63, 3.8) is 0 Å². The Balaban J connectivity index is 1.44. The minimum atomic E-state index is -1.05. The second kappa shape index (κ2) is 9.61. The largest absolute Gasteiger partial charge is 0.461 e. The third kappa shape index (κ3) is 4.70. The number of nitrogens with one attached hydrogen (secondary N) is 1. The van der Waals surface area contributed by atoms with Gasteiger partial charge in [-0.05, 0) is 37.6 Å². The predicted molar refractivity (Wildman–Crippen MR) is 130 cm³/mol. The summed E-state index contributed by atoms with van der Waals surface area (Å²) >= 11 is 6.63. The molecule has 0 aliphatic carbocycles. The number of aryl methyl sites for hydroxylation is 1. The van der Waals surface area contributed by atoms with Crippen molar-refractivity contribution in [3.8, 4) is 17.3 Å². The lowest BCUT2D eigenvalue weighted by Crippen LogP contribution is -2.48. The molecule has 35 heavy (non-hydrogen) atoms. The zero-order valence-corrected chi connectivity index (χ0v) is 19.7. The third-order valence-electron chi connectivity index (χ3n) is 5.91. The number of aliphatic hydroxyl groups excluding tert-OH is 2. The van der Waals surface area contributed by atoms with Crippen molar-refractivity contribution in [2.75, 3.05) is 41.4 Å². The molecule has 2 atom stereocenters. The Labute approximate surface area is 206 Å². The monoisotopic (exact) mass is 497 g/mol. The van der Waals surface area contributed by atoms with Gasteiger partial charge in [0, 0.05) is 36.7 Å². The van der Waals surface area contributed by atoms with E-state index in [0.717, 1.165) is 29.9 Å². The Morgan fingerprint density at radius 2 is 2.11 bits per heavy atom. The van der Waals surface area contributed by atoms with Gasteiger partial charge in [-0.25, -0.2) is 14.8 Å². The Hall–Kier alpha value is -3.54. The first-order chi connectivity index (χ1) is 16.9. The van der Waals surface area contributed by atoms with Crippen LogP contribution in [0.2, 0.25) is 5.02 Å². The van der Waals surface area contributed by atoms with E-state index in [4.69, 9.17) is 26.4 Å². The Morgan fingerprint density at radius 1 is 1.29 bits per heavy atom. The summed E-state index contributed by atoms with van der Waals surface area (Å²) in [7, 11) is 0. The smallest absolute Gasteiger partial charge is 0.329 e. The molecule has 1 unspecified atom stereocenters.